The molecule has 2 rings (SSSR count). The Kier molecular flexibility index (Phi) is 4.95. The zero-order valence-electron chi connectivity index (χ0n) is 12.4. The van der Waals surface area contributed by atoms with E-state index in [1.165, 1.54) is 19.9 Å². The van der Waals surface area contributed by atoms with Crippen LogP contribution in [0.2, 0.25) is 0 Å². The maximum absolute atomic E-state index is 12.3. The number of benzene rings is 1. The first kappa shape index (κ1) is 16.9. The lowest BCUT2D eigenvalue weighted by molar-refractivity contribution is -0.385. The molecule has 7 nitrogen and oxygen atoms in total. The van der Waals surface area contributed by atoms with Crippen molar-refractivity contribution in [2.75, 3.05) is 5.32 Å². The van der Waals surface area contributed by atoms with E-state index in [2.05, 4.69) is 21.2 Å². The number of carbonyl (C=O) groups is 1. The van der Waals surface area contributed by atoms with E-state index in [0.29, 0.717) is 5.69 Å². The van der Waals surface area contributed by atoms with Gasteiger partial charge in [0.05, 0.1) is 11.1 Å². The van der Waals surface area contributed by atoms with Crippen LogP contribution in [-0.4, -0.2) is 15.4 Å². The number of pyridine rings is 1. The number of aromatic nitrogens is 1. The molecule has 0 radical (unpaired) electrons. The number of amides is 1. The number of nitrogens with zero attached hydrogens (tertiary/aromatic N) is 2. The summed E-state index contributed by atoms with van der Waals surface area (Å²) in [6, 6.07) is 7.25. The normalized spacial score (nSPS) is 11.8. The number of hydrogen-bond acceptors (Lipinski definition) is 4. The Labute approximate surface area is 140 Å². The molecule has 1 amide bonds. The zero-order chi connectivity index (χ0) is 17.1. The molecule has 8 heteroatoms. The molecule has 1 N–H and O–H groups in total. The Morgan fingerprint density at radius 3 is 2.52 bits per heavy atom. The summed E-state index contributed by atoms with van der Waals surface area (Å²) in [5, 5.41) is 13.6. The maximum Gasteiger partial charge on any atom is 0.286 e. The average Bonchev–Trinajstić information content (AvgIpc) is 2.51. The van der Waals surface area contributed by atoms with Crippen LogP contribution in [0.1, 0.15) is 18.5 Å². The molecule has 2 aromatic rings. The molecule has 0 spiro atoms. The van der Waals surface area contributed by atoms with Gasteiger partial charge in [-0.2, -0.15) is 0 Å². The highest BCUT2D eigenvalue weighted by Gasteiger charge is 2.20. The van der Waals surface area contributed by atoms with Gasteiger partial charge in [-0.05, 0) is 38.1 Å². The van der Waals surface area contributed by atoms with Crippen LogP contribution < -0.4 is 10.9 Å². The van der Waals surface area contributed by atoms with Crippen LogP contribution in [0.5, 0.6) is 0 Å². The first-order valence-electron chi connectivity index (χ1n) is 6.73. The SMILES string of the molecule is Cc1cc([N+](=O)[O-])cn(C(C)C(=O)Nc2ccc(Br)cc2)c1=O. The van der Waals surface area contributed by atoms with Crippen LogP contribution in [-0.2, 0) is 4.79 Å². The van der Waals surface area contributed by atoms with Gasteiger partial charge in [0.25, 0.3) is 11.2 Å². The van der Waals surface area contributed by atoms with Gasteiger partial charge >= 0.3 is 0 Å². The Morgan fingerprint density at radius 2 is 1.96 bits per heavy atom. The van der Waals surface area contributed by atoms with Crippen molar-refractivity contribution in [1.29, 1.82) is 0 Å². The minimum Gasteiger partial charge on any atom is -0.324 e. The molecular formula is C15H14BrN3O4. The standard InChI is InChI=1S/C15H14BrN3O4/c1-9-7-13(19(22)23)8-18(15(9)21)10(2)14(20)17-12-5-3-11(16)4-6-12/h3-8,10H,1-2H3,(H,17,20). The summed E-state index contributed by atoms with van der Waals surface area (Å²) in [6.07, 6.45) is 1.08. The van der Waals surface area contributed by atoms with Gasteiger partial charge in [-0.25, -0.2) is 0 Å². The fourth-order valence-corrected chi connectivity index (χ4v) is 2.28. The number of nitro groups is 1. The summed E-state index contributed by atoms with van der Waals surface area (Å²) in [5.41, 5.74) is 0.113. The second-order valence-electron chi connectivity index (χ2n) is 5.02. The molecule has 0 aliphatic carbocycles. The van der Waals surface area contributed by atoms with Gasteiger partial charge in [0.15, 0.2) is 0 Å². The lowest BCUT2D eigenvalue weighted by Crippen LogP contribution is -2.32. The smallest absolute Gasteiger partial charge is 0.286 e. The van der Waals surface area contributed by atoms with Gasteiger partial charge in [0.1, 0.15) is 6.04 Å². The van der Waals surface area contributed by atoms with E-state index in [1.54, 1.807) is 24.3 Å². The molecule has 120 valence electrons. The molecule has 0 saturated heterocycles. The summed E-state index contributed by atoms with van der Waals surface area (Å²) >= 11 is 3.29. The Balaban J connectivity index is 2.30. The summed E-state index contributed by atoms with van der Waals surface area (Å²) < 4.78 is 1.94. The Hall–Kier alpha value is -2.48. The topological polar surface area (TPSA) is 94.2 Å². The van der Waals surface area contributed by atoms with Gasteiger partial charge in [-0.1, -0.05) is 15.9 Å². The molecule has 0 saturated carbocycles. The molecule has 0 aliphatic heterocycles. The second-order valence-corrected chi connectivity index (χ2v) is 5.94. The van der Waals surface area contributed by atoms with Crippen molar-refractivity contribution in [2.45, 2.75) is 19.9 Å². The first-order chi connectivity index (χ1) is 10.8. The molecule has 1 aromatic heterocycles. The maximum atomic E-state index is 12.3. The molecule has 0 aliphatic rings. The van der Waals surface area contributed by atoms with Crippen molar-refractivity contribution in [1.82, 2.24) is 4.57 Å². The highest BCUT2D eigenvalue weighted by atomic mass is 79.9. The zero-order valence-corrected chi connectivity index (χ0v) is 14.0. The van der Waals surface area contributed by atoms with E-state index in [-0.39, 0.29) is 11.3 Å². The number of halogens is 1. The van der Waals surface area contributed by atoms with Crippen molar-refractivity contribution >= 4 is 33.2 Å². The van der Waals surface area contributed by atoms with Crippen LogP contribution in [0, 0.1) is 17.0 Å². The van der Waals surface area contributed by atoms with Crippen LogP contribution in [0.25, 0.3) is 0 Å². The van der Waals surface area contributed by atoms with Gasteiger partial charge in [0.2, 0.25) is 5.91 Å². The van der Waals surface area contributed by atoms with Crippen LogP contribution >= 0.6 is 15.9 Å². The van der Waals surface area contributed by atoms with Crippen molar-refractivity contribution in [2.24, 2.45) is 0 Å². The fourth-order valence-electron chi connectivity index (χ4n) is 2.02. The summed E-state index contributed by atoms with van der Waals surface area (Å²) in [4.78, 5) is 34.8. The molecular weight excluding hydrogens is 366 g/mol. The third kappa shape index (κ3) is 3.84. The van der Waals surface area contributed by atoms with Crippen molar-refractivity contribution < 1.29 is 9.72 Å². The molecule has 1 heterocycles. The van der Waals surface area contributed by atoms with Crippen LogP contribution in [0.4, 0.5) is 11.4 Å². The summed E-state index contributed by atoms with van der Waals surface area (Å²) in [6.45, 7) is 2.99. The minimum absolute atomic E-state index is 0.211. The summed E-state index contributed by atoms with van der Waals surface area (Å²) in [7, 11) is 0. The third-order valence-corrected chi connectivity index (χ3v) is 3.86. The van der Waals surface area contributed by atoms with E-state index in [4.69, 9.17) is 0 Å². The second kappa shape index (κ2) is 6.74. The summed E-state index contributed by atoms with van der Waals surface area (Å²) in [5.74, 6) is -0.436. The lowest BCUT2D eigenvalue weighted by Gasteiger charge is -2.15. The van der Waals surface area contributed by atoms with Crippen molar-refractivity contribution in [3.63, 3.8) is 0 Å². The molecule has 0 fully saturated rings. The van der Waals surface area contributed by atoms with Gasteiger partial charge in [-0.3, -0.25) is 24.3 Å². The van der Waals surface area contributed by atoms with E-state index in [1.807, 2.05) is 0 Å². The van der Waals surface area contributed by atoms with Gasteiger partial charge < -0.3 is 5.32 Å². The number of carbonyl (C=O) groups excluding carboxylic acids is 1. The minimum atomic E-state index is -0.884. The number of nitrogens with one attached hydrogen (secondary N) is 1. The molecule has 0 bridgehead atoms. The lowest BCUT2D eigenvalue weighted by atomic mass is 10.2. The number of hydrogen-bond donors (Lipinski definition) is 1. The van der Waals surface area contributed by atoms with Crippen LogP contribution in [0.15, 0.2) is 45.8 Å². The number of rotatable bonds is 4. The highest BCUT2D eigenvalue weighted by Crippen LogP contribution is 2.17. The van der Waals surface area contributed by atoms with E-state index < -0.39 is 22.4 Å². The predicted octanol–water partition coefficient (Wildman–Crippen LogP) is 3.03. The van der Waals surface area contributed by atoms with E-state index in [0.717, 1.165) is 15.2 Å². The highest BCUT2D eigenvalue weighted by molar-refractivity contribution is 9.10. The van der Waals surface area contributed by atoms with Crippen LogP contribution in [0.3, 0.4) is 0 Å². The Bertz CT molecular complexity index is 814. The van der Waals surface area contributed by atoms with E-state index >= 15 is 0 Å². The molecule has 1 unspecified atom stereocenters. The fraction of sp³-hybridized carbons (Fsp3) is 0.200. The average molecular weight is 380 g/mol. The third-order valence-electron chi connectivity index (χ3n) is 3.33. The number of anilines is 1. The van der Waals surface area contributed by atoms with E-state index in [9.17, 15) is 19.7 Å². The van der Waals surface area contributed by atoms with Crippen molar-refractivity contribution in [3.05, 3.63) is 67.0 Å². The molecule has 23 heavy (non-hydrogen) atoms. The quantitative estimate of drug-likeness (QED) is 0.652. The Morgan fingerprint density at radius 1 is 1.35 bits per heavy atom. The largest absolute Gasteiger partial charge is 0.324 e. The predicted molar refractivity (Wildman–Crippen MR) is 89.6 cm³/mol. The first-order valence-corrected chi connectivity index (χ1v) is 7.52. The van der Waals surface area contributed by atoms with Crippen molar-refractivity contribution in [3.8, 4) is 0 Å². The van der Waals surface area contributed by atoms with Gasteiger partial charge in [0, 0.05) is 21.8 Å². The molecule has 1 aromatic carbocycles. The number of aryl methyl sites for hydroxylation is 1. The van der Waals surface area contributed by atoms with Gasteiger partial charge in [-0.15, -0.1) is 0 Å². The molecule has 1 atom stereocenters. The monoisotopic (exact) mass is 379 g/mol.